The second-order valence-electron chi connectivity index (χ2n) is 4.22. The predicted molar refractivity (Wildman–Crippen MR) is 52.8 cm³/mol. The van der Waals surface area contributed by atoms with E-state index in [0.717, 1.165) is 25.6 Å². The maximum atomic E-state index is 5.52. The van der Waals surface area contributed by atoms with E-state index in [1.807, 2.05) is 0 Å². The Morgan fingerprint density at radius 2 is 2.38 bits per heavy atom. The third-order valence-corrected chi connectivity index (χ3v) is 3.26. The highest BCUT2D eigenvalue weighted by Crippen LogP contribution is 2.19. The molecule has 0 aromatic heterocycles. The lowest BCUT2D eigenvalue weighted by Crippen LogP contribution is -2.36. The molecule has 13 heavy (non-hydrogen) atoms. The second-order valence-corrected chi connectivity index (χ2v) is 4.22. The van der Waals surface area contributed by atoms with Crippen molar-refractivity contribution in [3.05, 3.63) is 0 Å². The van der Waals surface area contributed by atoms with Gasteiger partial charge in [-0.25, -0.2) is 0 Å². The van der Waals surface area contributed by atoms with Gasteiger partial charge in [0, 0.05) is 25.7 Å². The fourth-order valence-corrected chi connectivity index (χ4v) is 2.19. The first-order valence-corrected chi connectivity index (χ1v) is 5.42. The van der Waals surface area contributed by atoms with Gasteiger partial charge >= 0.3 is 0 Å². The molecule has 0 aliphatic carbocycles. The lowest BCUT2D eigenvalue weighted by molar-refractivity contribution is 0.105. The van der Waals surface area contributed by atoms with Crippen molar-refractivity contribution in [1.82, 2.24) is 10.6 Å². The second kappa shape index (κ2) is 4.40. The third kappa shape index (κ3) is 2.42. The summed E-state index contributed by atoms with van der Waals surface area (Å²) in [6.07, 6.45) is 2.97. The van der Waals surface area contributed by atoms with Crippen LogP contribution >= 0.6 is 0 Å². The van der Waals surface area contributed by atoms with Gasteiger partial charge in [0.2, 0.25) is 0 Å². The first-order chi connectivity index (χ1) is 6.36. The van der Waals surface area contributed by atoms with Crippen LogP contribution in [0.3, 0.4) is 0 Å². The van der Waals surface area contributed by atoms with E-state index in [4.69, 9.17) is 4.74 Å². The van der Waals surface area contributed by atoms with Gasteiger partial charge in [-0.3, -0.25) is 0 Å². The van der Waals surface area contributed by atoms with Gasteiger partial charge in [-0.15, -0.1) is 0 Å². The van der Waals surface area contributed by atoms with E-state index in [1.165, 1.54) is 19.4 Å². The lowest BCUT2D eigenvalue weighted by Gasteiger charge is -2.17. The highest BCUT2D eigenvalue weighted by atomic mass is 16.5. The summed E-state index contributed by atoms with van der Waals surface area (Å²) in [5, 5.41) is 6.98. The SMILES string of the molecule is CC1OCCC1CNC1CCNC1. The molecule has 2 heterocycles. The Morgan fingerprint density at radius 1 is 1.46 bits per heavy atom. The molecule has 0 aromatic carbocycles. The van der Waals surface area contributed by atoms with E-state index in [2.05, 4.69) is 17.6 Å². The number of nitrogens with one attached hydrogen (secondary N) is 2. The lowest BCUT2D eigenvalue weighted by atomic mass is 10.0. The van der Waals surface area contributed by atoms with Crippen LogP contribution in [0.1, 0.15) is 19.8 Å². The summed E-state index contributed by atoms with van der Waals surface area (Å²) in [6, 6.07) is 0.702. The van der Waals surface area contributed by atoms with E-state index < -0.39 is 0 Å². The Morgan fingerprint density at radius 3 is 3.00 bits per heavy atom. The molecule has 2 aliphatic heterocycles. The average Bonchev–Trinajstić information content (AvgIpc) is 2.72. The van der Waals surface area contributed by atoms with Gasteiger partial charge in [-0.1, -0.05) is 0 Å². The van der Waals surface area contributed by atoms with Crippen LogP contribution in [0.2, 0.25) is 0 Å². The van der Waals surface area contributed by atoms with Gasteiger partial charge in [0.1, 0.15) is 0 Å². The highest BCUT2D eigenvalue weighted by Gasteiger charge is 2.25. The van der Waals surface area contributed by atoms with Crippen molar-refractivity contribution in [3.8, 4) is 0 Å². The predicted octanol–water partition coefficient (Wildman–Crippen LogP) is 0.363. The molecule has 2 rings (SSSR count). The third-order valence-electron chi connectivity index (χ3n) is 3.26. The topological polar surface area (TPSA) is 33.3 Å². The van der Waals surface area contributed by atoms with Crippen molar-refractivity contribution >= 4 is 0 Å². The summed E-state index contributed by atoms with van der Waals surface area (Å²) < 4.78 is 5.52. The fraction of sp³-hybridized carbons (Fsp3) is 1.00. The maximum absolute atomic E-state index is 5.52. The van der Waals surface area contributed by atoms with Crippen LogP contribution in [0, 0.1) is 5.92 Å². The molecular weight excluding hydrogens is 164 g/mol. The van der Waals surface area contributed by atoms with Crippen LogP contribution in [-0.2, 0) is 4.74 Å². The molecule has 0 spiro atoms. The smallest absolute Gasteiger partial charge is 0.0588 e. The van der Waals surface area contributed by atoms with Crippen molar-refractivity contribution < 1.29 is 4.74 Å². The summed E-state index contributed by atoms with van der Waals surface area (Å²) in [5.41, 5.74) is 0. The van der Waals surface area contributed by atoms with Crippen LogP contribution in [0.15, 0.2) is 0 Å². The number of rotatable bonds is 3. The van der Waals surface area contributed by atoms with E-state index in [9.17, 15) is 0 Å². The first-order valence-electron chi connectivity index (χ1n) is 5.42. The van der Waals surface area contributed by atoms with Crippen molar-refractivity contribution in [1.29, 1.82) is 0 Å². The van der Waals surface area contributed by atoms with Crippen molar-refractivity contribution in [2.45, 2.75) is 31.9 Å². The maximum Gasteiger partial charge on any atom is 0.0588 e. The largest absolute Gasteiger partial charge is 0.378 e. The summed E-state index contributed by atoms with van der Waals surface area (Å²) in [4.78, 5) is 0. The Hall–Kier alpha value is -0.120. The summed E-state index contributed by atoms with van der Waals surface area (Å²) in [7, 11) is 0. The van der Waals surface area contributed by atoms with Crippen LogP contribution in [0.5, 0.6) is 0 Å². The number of ether oxygens (including phenoxy) is 1. The minimum absolute atomic E-state index is 0.460. The molecule has 3 atom stereocenters. The van der Waals surface area contributed by atoms with Gasteiger partial charge in [-0.2, -0.15) is 0 Å². The Bertz CT molecular complexity index is 157. The molecule has 3 unspecified atom stereocenters. The fourth-order valence-electron chi connectivity index (χ4n) is 2.19. The van der Waals surface area contributed by atoms with E-state index in [1.54, 1.807) is 0 Å². The molecule has 0 aromatic rings. The molecule has 2 fully saturated rings. The van der Waals surface area contributed by atoms with Crippen molar-refractivity contribution in [3.63, 3.8) is 0 Å². The molecule has 3 heteroatoms. The molecule has 2 saturated heterocycles. The molecule has 2 aliphatic rings. The zero-order chi connectivity index (χ0) is 9.10. The Labute approximate surface area is 80.2 Å². The summed E-state index contributed by atoms with van der Waals surface area (Å²) >= 11 is 0. The normalized spacial score (nSPS) is 39.9. The van der Waals surface area contributed by atoms with Crippen molar-refractivity contribution in [2.24, 2.45) is 5.92 Å². The van der Waals surface area contributed by atoms with Gasteiger partial charge < -0.3 is 15.4 Å². The van der Waals surface area contributed by atoms with E-state index in [0.29, 0.717) is 12.1 Å². The van der Waals surface area contributed by atoms with Gasteiger partial charge in [0.05, 0.1) is 6.10 Å². The van der Waals surface area contributed by atoms with Gasteiger partial charge in [-0.05, 0) is 32.2 Å². The molecule has 0 bridgehead atoms. The zero-order valence-electron chi connectivity index (χ0n) is 8.38. The Balaban J connectivity index is 1.66. The quantitative estimate of drug-likeness (QED) is 0.664. The van der Waals surface area contributed by atoms with Gasteiger partial charge in [0.15, 0.2) is 0 Å². The summed E-state index contributed by atoms with van der Waals surface area (Å²) in [5.74, 6) is 0.737. The van der Waals surface area contributed by atoms with Crippen LogP contribution in [-0.4, -0.2) is 38.4 Å². The Kier molecular flexibility index (Phi) is 3.19. The van der Waals surface area contributed by atoms with Gasteiger partial charge in [0.25, 0.3) is 0 Å². The molecule has 0 amide bonds. The molecule has 76 valence electrons. The monoisotopic (exact) mass is 184 g/mol. The van der Waals surface area contributed by atoms with Crippen LogP contribution < -0.4 is 10.6 Å². The highest BCUT2D eigenvalue weighted by molar-refractivity contribution is 4.81. The zero-order valence-corrected chi connectivity index (χ0v) is 8.38. The standard InChI is InChI=1S/C10H20N2O/c1-8-9(3-5-13-8)6-12-10-2-4-11-7-10/h8-12H,2-7H2,1H3. The molecule has 0 saturated carbocycles. The minimum atomic E-state index is 0.460. The van der Waals surface area contributed by atoms with Crippen molar-refractivity contribution in [2.75, 3.05) is 26.2 Å². The molecule has 3 nitrogen and oxygen atoms in total. The first kappa shape index (κ1) is 9.44. The summed E-state index contributed by atoms with van der Waals surface area (Å²) in [6.45, 7) is 6.59. The molecule has 2 N–H and O–H groups in total. The van der Waals surface area contributed by atoms with E-state index >= 15 is 0 Å². The minimum Gasteiger partial charge on any atom is -0.378 e. The molecule has 0 radical (unpaired) electrons. The van der Waals surface area contributed by atoms with Crippen LogP contribution in [0.25, 0.3) is 0 Å². The van der Waals surface area contributed by atoms with E-state index in [-0.39, 0.29) is 0 Å². The number of hydrogen-bond donors (Lipinski definition) is 2. The number of hydrogen-bond acceptors (Lipinski definition) is 3. The molecular formula is C10H20N2O. The van der Waals surface area contributed by atoms with Crippen LogP contribution in [0.4, 0.5) is 0 Å². The average molecular weight is 184 g/mol.